The molecule has 0 spiro atoms. The molecule has 2 rings (SSSR count). The van der Waals surface area contributed by atoms with Crippen LogP contribution in [0.1, 0.15) is 27.2 Å². The summed E-state index contributed by atoms with van der Waals surface area (Å²) in [5.41, 5.74) is -0.388. The van der Waals surface area contributed by atoms with Gasteiger partial charge in [-0.2, -0.15) is 0 Å². The lowest BCUT2D eigenvalue weighted by atomic mass is 10.1. The Hall–Kier alpha value is -0.770. The first-order valence-electron chi connectivity index (χ1n) is 6.05. The van der Waals surface area contributed by atoms with Gasteiger partial charge >= 0.3 is 6.09 Å². The molecule has 2 saturated heterocycles. The number of fused-ring (bicyclic) bond motifs is 1. The van der Waals surface area contributed by atoms with Crippen LogP contribution in [0.25, 0.3) is 0 Å². The predicted octanol–water partition coefficient (Wildman–Crippen LogP) is 1.56. The van der Waals surface area contributed by atoms with Crippen LogP contribution in [0.4, 0.5) is 4.79 Å². The number of carbonyl (C=O) groups excluding carboxylic acids is 1. The molecule has 2 heterocycles. The fourth-order valence-corrected chi connectivity index (χ4v) is 2.65. The minimum Gasteiger partial charge on any atom is -0.444 e. The first kappa shape index (κ1) is 11.7. The molecule has 2 aliphatic rings. The van der Waals surface area contributed by atoms with E-state index in [1.54, 1.807) is 0 Å². The molecule has 0 aliphatic carbocycles. The topological polar surface area (TPSA) is 32.8 Å². The predicted molar refractivity (Wildman–Crippen MR) is 62.3 cm³/mol. The van der Waals surface area contributed by atoms with Crippen molar-refractivity contribution in [1.82, 2.24) is 9.80 Å². The van der Waals surface area contributed by atoms with Crippen LogP contribution in [-0.4, -0.2) is 54.2 Å². The highest BCUT2D eigenvalue weighted by atomic mass is 16.6. The number of likely N-dealkylation sites (tertiary alicyclic amines) is 2. The number of hydrogen-bond donors (Lipinski definition) is 0. The van der Waals surface area contributed by atoms with Crippen molar-refractivity contribution in [2.45, 2.75) is 38.8 Å². The minimum atomic E-state index is -0.388. The van der Waals surface area contributed by atoms with Crippen molar-refractivity contribution in [1.29, 1.82) is 0 Å². The second kappa shape index (κ2) is 3.91. The average Bonchev–Trinajstić information content (AvgIpc) is 2.65. The van der Waals surface area contributed by atoms with Gasteiger partial charge in [0.1, 0.15) is 5.60 Å². The van der Waals surface area contributed by atoms with E-state index in [1.165, 1.54) is 6.42 Å². The number of nitrogens with zero attached hydrogens (tertiary/aromatic N) is 2. The van der Waals surface area contributed by atoms with Crippen LogP contribution < -0.4 is 0 Å². The highest BCUT2D eigenvalue weighted by Crippen LogP contribution is 2.30. The third-order valence-corrected chi connectivity index (χ3v) is 3.48. The summed E-state index contributed by atoms with van der Waals surface area (Å²) in [5.74, 6) is 0.650. The highest BCUT2D eigenvalue weighted by Gasteiger charge is 2.42. The Kier molecular flexibility index (Phi) is 2.86. The van der Waals surface area contributed by atoms with Gasteiger partial charge in [-0.1, -0.05) is 0 Å². The molecule has 0 radical (unpaired) electrons. The SMILES string of the molecule is CN1CC[C@@H]2CN(C(=O)OC(C)(C)C)C[C@@H]21. The van der Waals surface area contributed by atoms with Crippen LogP contribution in [0.15, 0.2) is 0 Å². The van der Waals surface area contributed by atoms with Gasteiger partial charge in [-0.3, -0.25) is 0 Å². The van der Waals surface area contributed by atoms with Crippen molar-refractivity contribution >= 4 is 6.09 Å². The molecule has 16 heavy (non-hydrogen) atoms. The first-order valence-corrected chi connectivity index (χ1v) is 6.05. The van der Waals surface area contributed by atoms with Gasteiger partial charge in [-0.15, -0.1) is 0 Å². The van der Waals surface area contributed by atoms with E-state index in [2.05, 4.69) is 11.9 Å². The van der Waals surface area contributed by atoms with E-state index in [-0.39, 0.29) is 11.7 Å². The van der Waals surface area contributed by atoms with Crippen LogP contribution >= 0.6 is 0 Å². The van der Waals surface area contributed by atoms with Crippen molar-refractivity contribution in [2.75, 3.05) is 26.7 Å². The van der Waals surface area contributed by atoms with Crippen LogP contribution in [-0.2, 0) is 4.74 Å². The van der Waals surface area contributed by atoms with Gasteiger partial charge in [0.15, 0.2) is 0 Å². The molecule has 92 valence electrons. The molecular weight excluding hydrogens is 204 g/mol. The van der Waals surface area contributed by atoms with Gasteiger partial charge in [0.25, 0.3) is 0 Å². The van der Waals surface area contributed by atoms with E-state index < -0.39 is 0 Å². The van der Waals surface area contributed by atoms with Crippen molar-refractivity contribution in [3.05, 3.63) is 0 Å². The zero-order valence-corrected chi connectivity index (χ0v) is 10.7. The summed E-state index contributed by atoms with van der Waals surface area (Å²) < 4.78 is 5.39. The lowest BCUT2D eigenvalue weighted by Gasteiger charge is -2.25. The van der Waals surface area contributed by atoms with E-state index in [1.807, 2.05) is 25.7 Å². The lowest BCUT2D eigenvalue weighted by Crippen LogP contribution is -2.38. The molecule has 4 nitrogen and oxygen atoms in total. The Morgan fingerprint density at radius 1 is 1.31 bits per heavy atom. The molecule has 0 aromatic heterocycles. The number of carbonyl (C=O) groups is 1. The zero-order valence-electron chi connectivity index (χ0n) is 10.7. The third kappa shape index (κ3) is 2.32. The number of amides is 1. The molecule has 0 bridgehead atoms. The molecule has 2 atom stereocenters. The monoisotopic (exact) mass is 226 g/mol. The molecule has 0 N–H and O–H groups in total. The van der Waals surface area contributed by atoms with Crippen molar-refractivity contribution in [3.63, 3.8) is 0 Å². The molecule has 2 fully saturated rings. The van der Waals surface area contributed by atoms with Crippen molar-refractivity contribution < 1.29 is 9.53 Å². The molecule has 1 amide bonds. The molecule has 0 unspecified atom stereocenters. The zero-order chi connectivity index (χ0) is 11.9. The number of rotatable bonds is 0. The highest BCUT2D eigenvalue weighted by molar-refractivity contribution is 5.68. The van der Waals surface area contributed by atoms with Crippen LogP contribution in [0.3, 0.4) is 0 Å². The Labute approximate surface area is 97.5 Å². The maximum Gasteiger partial charge on any atom is 0.410 e. The maximum atomic E-state index is 11.9. The van der Waals surface area contributed by atoms with E-state index in [9.17, 15) is 4.79 Å². The molecule has 0 aromatic carbocycles. The second-order valence-corrected chi connectivity index (χ2v) is 5.98. The van der Waals surface area contributed by atoms with E-state index in [0.717, 1.165) is 19.6 Å². The summed E-state index contributed by atoms with van der Waals surface area (Å²) in [7, 11) is 2.14. The Morgan fingerprint density at radius 2 is 2.00 bits per heavy atom. The Balaban J connectivity index is 1.92. The smallest absolute Gasteiger partial charge is 0.410 e. The quantitative estimate of drug-likeness (QED) is 0.628. The van der Waals surface area contributed by atoms with Gasteiger partial charge in [-0.05, 0) is 46.7 Å². The van der Waals surface area contributed by atoms with Gasteiger partial charge < -0.3 is 14.5 Å². The molecule has 0 aromatic rings. The largest absolute Gasteiger partial charge is 0.444 e. The van der Waals surface area contributed by atoms with Crippen molar-refractivity contribution in [2.24, 2.45) is 5.92 Å². The summed E-state index contributed by atoms with van der Waals surface area (Å²) in [4.78, 5) is 16.1. The maximum absolute atomic E-state index is 11.9. The first-order chi connectivity index (χ1) is 7.37. The summed E-state index contributed by atoms with van der Waals surface area (Å²) in [6, 6.07) is 0.549. The summed E-state index contributed by atoms with van der Waals surface area (Å²) in [6.45, 7) is 8.59. The van der Waals surface area contributed by atoms with E-state index in [4.69, 9.17) is 4.74 Å². The fourth-order valence-electron chi connectivity index (χ4n) is 2.65. The standard InChI is InChI=1S/C12H22N2O2/c1-12(2,3)16-11(15)14-7-9-5-6-13(4)10(9)8-14/h9-10H,5-8H2,1-4H3/t9-,10+/m1/s1. The van der Waals surface area contributed by atoms with Gasteiger partial charge in [0, 0.05) is 19.1 Å². The number of hydrogen-bond acceptors (Lipinski definition) is 3. The van der Waals surface area contributed by atoms with E-state index in [0.29, 0.717) is 12.0 Å². The van der Waals surface area contributed by atoms with Gasteiger partial charge in [-0.25, -0.2) is 4.79 Å². The van der Waals surface area contributed by atoms with Crippen LogP contribution in [0, 0.1) is 5.92 Å². The number of ether oxygens (including phenoxy) is 1. The Bertz CT molecular complexity index is 285. The summed E-state index contributed by atoms with van der Waals surface area (Å²) in [5, 5.41) is 0. The molecule has 0 saturated carbocycles. The average molecular weight is 226 g/mol. The van der Waals surface area contributed by atoms with Gasteiger partial charge in [0.05, 0.1) is 0 Å². The summed E-state index contributed by atoms with van der Waals surface area (Å²) in [6.07, 6.45) is 1.05. The van der Waals surface area contributed by atoms with E-state index >= 15 is 0 Å². The number of likely N-dealkylation sites (N-methyl/N-ethyl adjacent to an activating group) is 1. The Morgan fingerprint density at radius 3 is 2.56 bits per heavy atom. The van der Waals surface area contributed by atoms with Crippen molar-refractivity contribution in [3.8, 4) is 0 Å². The molecule has 4 heteroatoms. The normalized spacial score (nSPS) is 30.6. The minimum absolute atomic E-state index is 0.157. The second-order valence-electron chi connectivity index (χ2n) is 5.98. The van der Waals surface area contributed by atoms with Crippen LogP contribution in [0.2, 0.25) is 0 Å². The summed E-state index contributed by atoms with van der Waals surface area (Å²) >= 11 is 0. The lowest BCUT2D eigenvalue weighted by molar-refractivity contribution is 0.0275. The third-order valence-electron chi connectivity index (χ3n) is 3.48. The molecular formula is C12H22N2O2. The fraction of sp³-hybridized carbons (Fsp3) is 0.917. The molecule has 2 aliphatic heterocycles. The van der Waals surface area contributed by atoms with Crippen LogP contribution in [0.5, 0.6) is 0 Å². The van der Waals surface area contributed by atoms with Gasteiger partial charge in [0.2, 0.25) is 0 Å².